The maximum Gasteiger partial charge on any atom is 0.472 e. The topological polar surface area (TPSA) is 237 Å². The van der Waals surface area contributed by atoms with Crippen molar-refractivity contribution in [3.63, 3.8) is 0 Å². The van der Waals surface area contributed by atoms with Gasteiger partial charge < -0.3 is 33.8 Å². The molecule has 0 aromatic carbocycles. The van der Waals surface area contributed by atoms with Gasteiger partial charge in [0.15, 0.2) is 12.2 Å². The number of unbranched alkanes of at least 4 members (excludes halogenated alkanes) is 44. The molecule has 0 heterocycles. The summed E-state index contributed by atoms with van der Waals surface area (Å²) in [4.78, 5) is 72.5. The van der Waals surface area contributed by atoms with Crippen LogP contribution in [0.2, 0.25) is 0 Å². The number of esters is 4. The number of hydrogen-bond donors (Lipinski definition) is 3. The van der Waals surface area contributed by atoms with Crippen molar-refractivity contribution in [1.29, 1.82) is 0 Å². The normalized spacial score (nSPS) is 14.0. The largest absolute Gasteiger partial charge is 0.472 e. The maximum absolute atomic E-state index is 13.1. The summed E-state index contributed by atoms with van der Waals surface area (Å²) in [6.07, 6.45) is 54.4. The summed E-state index contributed by atoms with van der Waals surface area (Å²) in [7, 11) is -9.90. The van der Waals surface area contributed by atoms with E-state index < -0.39 is 97.5 Å². The molecule has 2 unspecified atom stereocenters. The van der Waals surface area contributed by atoms with Crippen molar-refractivity contribution < 1.29 is 80.2 Å². The van der Waals surface area contributed by atoms with Crippen molar-refractivity contribution in [3.05, 3.63) is 0 Å². The molecule has 0 spiro atoms. The van der Waals surface area contributed by atoms with Gasteiger partial charge in [0.1, 0.15) is 19.3 Å². The molecule has 3 N–H and O–H groups in total. The first kappa shape index (κ1) is 92.1. The zero-order valence-electron chi connectivity index (χ0n) is 61.3. The van der Waals surface area contributed by atoms with Crippen LogP contribution in [0.15, 0.2) is 0 Å². The van der Waals surface area contributed by atoms with E-state index in [2.05, 4.69) is 41.5 Å². The van der Waals surface area contributed by atoms with Gasteiger partial charge in [-0.3, -0.25) is 37.3 Å². The molecule has 0 aromatic heterocycles. The quantitative estimate of drug-likeness (QED) is 0.0222. The number of hydrogen-bond acceptors (Lipinski definition) is 15. The summed E-state index contributed by atoms with van der Waals surface area (Å²) in [6, 6.07) is 0. The van der Waals surface area contributed by atoms with E-state index in [1.807, 2.05) is 0 Å². The lowest BCUT2D eigenvalue weighted by Gasteiger charge is -2.21. The van der Waals surface area contributed by atoms with Crippen LogP contribution in [0.25, 0.3) is 0 Å². The fourth-order valence-electron chi connectivity index (χ4n) is 11.5. The smallest absolute Gasteiger partial charge is 0.462 e. The molecular formula is C75H146O17P2. The van der Waals surface area contributed by atoms with Crippen molar-refractivity contribution in [1.82, 2.24) is 0 Å². The number of carbonyl (C=O) groups is 4. The summed E-state index contributed by atoms with van der Waals surface area (Å²) >= 11 is 0. The molecule has 0 saturated heterocycles. The van der Waals surface area contributed by atoms with E-state index >= 15 is 0 Å². The minimum absolute atomic E-state index is 0.107. The van der Waals surface area contributed by atoms with Crippen molar-refractivity contribution in [2.75, 3.05) is 39.6 Å². The minimum Gasteiger partial charge on any atom is -0.462 e. The third-order valence-electron chi connectivity index (χ3n) is 17.5. The summed E-state index contributed by atoms with van der Waals surface area (Å²) in [5.41, 5.74) is 0. The molecule has 0 radical (unpaired) electrons. The maximum atomic E-state index is 13.1. The number of rotatable bonds is 74. The first-order valence-corrected chi connectivity index (χ1v) is 42.0. The average Bonchev–Trinajstić information content (AvgIpc) is 1.21. The molecule has 0 bridgehead atoms. The highest BCUT2D eigenvalue weighted by atomic mass is 31.2. The molecule has 5 atom stereocenters. The molecule has 0 amide bonds. The van der Waals surface area contributed by atoms with E-state index in [4.69, 9.17) is 37.0 Å². The Morgan fingerprint density at radius 1 is 0.287 bits per heavy atom. The molecular weight excluding hydrogens is 1230 g/mol. The minimum atomic E-state index is -4.95. The first-order valence-electron chi connectivity index (χ1n) is 39.0. The molecule has 94 heavy (non-hydrogen) atoms. The van der Waals surface area contributed by atoms with Gasteiger partial charge in [-0.15, -0.1) is 0 Å². The fourth-order valence-corrected chi connectivity index (χ4v) is 13.1. The van der Waals surface area contributed by atoms with Gasteiger partial charge >= 0.3 is 39.5 Å². The monoisotopic (exact) mass is 1380 g/mol. The molecule has 0 rings (SSSR count). The van der Waals surface area contributed by atoms with Gasteiger partial charge in [-0.25, -0.2) is 9.13 Å². The second kappa shape index (κ2) is 66.9. The lowest BCUT2D eigenvalue weighted by Crippen LogP contribution is -2.30. The van der Waals surface area contributed by atoms with Gasteiger partial charge in [-0.1, -0.05) is 337 Å². The zero-order valence-corrected chi connectivity index (χ0v) is 63.1. The molecule has 19 heteroatoms. The molecule has 0 saturated carbocycles. The number of aliphatic hydroxyl groups is 1. The molecule has 0 aromatic rings. The van der Waals surface area contributed by atoms with E-state index in [9.17, 15) is 43.2 Å². The Morgan fingerprint density at radius 2 is 0.489 bits per heavy atom. The Bertz CT molecular complexity index is 1820. The van der Waals surface area contributed by atoms with Crippen LogP contribution in [0.4, 0.5) is 0 Å². The predicted molar refractivity (Wildman–Crippen MR) is 381 cm³/mol. The van der Waals surface area contributed by atoms with Gasteiger partial charge in [0.25, 0.3) is 0 Å². The summed E-state index contributed by atoms with van der Waals surface area (Å²) in [6.45, 7) is 9.55. The third kappa shape index (κ3) is 68.6. The van der Waals surface area contributed by atoms with Crippen molar-refractivity contribution in [2.45, 2.75) is 407 Å². The van der Waals surface area contributed by atoms with Gasteiger partial charge in [0.2, 0.25) is 0 Å². The molecule has 0 aliphatic heterocycles. The Hall–Kier alpha value is -1.94. The van der Waals surface area contributed by atoms with E-state index in [1.54, 1.807) is 0 Å². The second-order valence-electron chi connectivity index (χ2n) is 28.0. The number of phosphoric ester groups is 2. The Labute approximate surface area is 575 Å². The zero-order chi connectivity index (χ0) is 69.3. The van der Waals surface area contributed by atoms with Crippen LogP contribution >= 0.6 is 15.6 Å². The Kier molecular flexibility index (Phi) is 65.5. The van der Waals surface area contributed by atoms with Crippen molar-refractivity contribution in [2.24, 2.45) is 11.8 Å². The van der Waals surface area contributed by atoms with Crippen molar-refractivity contribution >= 4 is 39.5 Å². The van der Waals surface area contributed by atoms with E-state index in [1.165, 1.54) is 199 Å². The van der Waals surface area contributed by atoms with Crippen LogP contribution in [-0.2, 0) is 65.4 Å². The fraction of sp³-hybridized carbons (Fsp3) is 0.947. The Morgan fingerprint density at radius 3 is 0.723 bits per heavy atom. The van der Waals surface area contributed by atoms with Crippen molar-refractivity contribution in [3.8, 4) is 0 Å². The van der Waals surface area contributed by atoms with Gasteiger partial charge in [0.05, 0.1) is 26.4 Å². The third-order valence-corrected chi connectivity index (χ3v) is 19.4. The standard InChI is InChI=1S/C75H146O17P2/c1-7-9-11-13-14-15-16-17-19-25-31-36-41-47-53-59-74(79)91-70(63-85-72(77)57-51-43-12-10-8-2)65-89-93(81,82)87-61-69(76)62-88-94(83,84)90-66-71(64-86-73(78)58-52-46-40-35-30-27-22-24-29-34-39-45-50-56-68(5)6)92-75(80)60-54-48-42-37-32-26-21-18-20-23-28-33-38-44-49-55-67(3)4/h67-71,76H,7-66H2,1-6H3,(H,81,82)(H,83,84)/t69-,70+,71+/m0/s1. The predicted octanol–water partition coefficient (Wildman–Crippen LogP) is 21.9. The Balaban J connectivity index is 5.14. The van der Waals surface area contributed by atoms with Gasteiger partial charge in [0, 0.05) is 25.7 Å². The summed E-state index contributed by atoms with van der Waals surface area (Å²) < 4.78 is 68.3. The number of carbonyl (C=O) groups excluding carboxylic acids is 4. The van der Waals surface area contributed by atoms with Crippen LogP contribution in [0, 0.1) is 11.8 Å². The van der Waals surface area contributed by atoms with Crippen LogP contribution in [0.5, 0.6) is 0 Å². The highest BCUT2D eigenvalue weighted by Crippen LogP contribution is 2.45. The van der Waals surface area contributed by atoms with E-state index in [0.29, 0.717) is 25.7 Å². The molecule has 0 aliphatic rings. The first-order chi connectivity index (χ1) is 45.4. The second-order valence-corrected chi connectivity index (χ2v) is 30.9. The number of ether oxygens (including phenoxy) is 4. The van der Waals surface area contributed by atoms with Gasteiger partial charge in [-0.2, -0.15) is 0 Å². The van der Waals surface area contributed by atoms with E-state index in [-0.39, 0.29) is 25.7 Å². The summed E-state index contributed by atoms with van der Waals surface area (Å²) in [5.74, 6) is -0.533. The highest BCUT2D eigenvalue weighted by Gasteiger charge is 2.30. The molecule has 17 nitrogen and oxygen atoms in total. The summed E-state index contributed by atoms with van der Waals surface area (Å²) in [5, 5.41) is 10.6. The van der Waals surface area contributed by atoms with Crippen LogP contribution < -0.4 is 0 Å². The lowest BCUT2D eigenvalue weighted by atomic mass is 10.0. The molecule has 0 aliphatic carbocycles. The average molecular weight is 1380 g/mol. The van der Waals surface area contributed by atoms with Gasteiger partial charge in [-0.05, 0) is 37.5 Å². The lowest BCUT2D eigenvalue weighted by molar-refractivity contribution is -0.161. The van der Waals surface area contributed by atoms with E-state index in [0.717, 1.165) is 108 Å². The highest BCUT2D eigenvalue weighted by molar-refractivity contribution is 7.47. The molecule has 558 valence electrons. The van der Waals surface area contributed by atoms with Crippen LogP contribution in [0.1, 0.15) is 388 Å². The van der Waals surface area contributed by atoms with Crippen LogP contribution in [0.3, 0.4) is 0 Å². The number of phosphoric acid groups is 2. The molecule has 0 fully saturated rings. The SMILES string of the molecule is CCCCCCCCCCCCCCCCCC(=O)O[C@H](COC(=O)CCCCCCC)COP(=O)(O)OC[C@H](O)COP(=O)(O)OC[C@@H](COC(=O)CCCCCCCCCCCCCCCC(C)C)OC(=O)CCCCCCCCCCCCCCCCCC(C)C. The number of aliphatic hydroxyl groups excluding tert-OH is 1. The van der Waals surface area contributed by atoms with Crippen LogP contribution in [-0.4, -0.2) is 96.7 Å².